The van der Waals surface area contributed by atoms with E-state index in [0.717, 1.165) is 12.8 Å². The Morgan fingerprint density at radius 1 is 1.20 bits per heavy atom. The topological polar surface area (TPSA) is 95.9 Å². The van der Waals surface area contributed by atoms with Gasteiger partial charge in [-0.2, -0.15) is 0 Å². The van der Waals surface area contributed by atoms with Crippen molar-refractivity contribution in [3.63, 3.8) is 0 Å². The molecule has 0 unspecified atom stereocenters. The van der Waals surface area contributed by atoms with Crippen molar-refractivity contribution in [2.24, 2.45) is 0 Å². The Hall–Kier alpha value is -1.14. The van der Waals surface area contributed by atoms with Crippen LogP contribution in [0.1, 0.15) is 52.4 Å². The van der Waals surface area contributed by atoms with E-state index in [4.69, 9.17) is 9.84 Å². The highest BCUT2D eigenvalue weighted by Gasteiger charge is 2.35. The fraction of sp³-hybridized carbons (Fsp3) is 0.857. The van der Waals surface area contributed by atoms with Crippen molar-refractivity contribution in [2.75, 3.05) is 6.54 Å². The maximum absolute atomic E-state index is 11.9. The van der Waals surface area contributed by atoms with E-state index in [1.807, 2.05) is 13.8 Å². The van der Waals surface area contributed by atoms with Gasteiger partial charge in [0.1, 0.15) is 6.10 Å². The normalized spacial score (nSPS) is 22.8. The summed E-state index contributed by atoms with van der Waals surface area (Å²) in [6, 6.07) is 0. The summed E-state index contributed by atoms with van der Waals surface area (Å²) in [7, 11) is 0. The van der Waals surface area contributed by atoms with Crippen molar-refractivity contribution in [2.45, 2.75) is 70.2 Å². The first kappa shape index (κ1) is 16.9. The number of carboxylic acids is 1. The summed E-state index contributed by atoms with van der Waals surface area (Å²) in [5.74, 6) is -1.37. The third kappa shape index (κ3) is 4.76. The molecule has 0 radical (unpaired) electrons. The Kier molecular flexibility index (Phi) is 6.42. The van der Waals surface area contributed by atoms with Crippen molar-refractivity contribution in [3.8, 4) is 0 Å². The number of carboxylic acid groups (broad SMARTS) is 1. The second-order valence-corrected chi connectivity index (χ2v) is 5.47. The average Bonchev–Trinajstić information content (AvgIpc) is 2.86. The first-order chi connectivity index (χ1) is 9.41. The van der Waals surface area contributed by atoms with Gasteiger partial charge in [0.25, 0.3) is 0 Å². The number of ether oxygens (including phenoxy) is 1. The molecule has 2 atom stereocenters. The zero-order valence-electron chi connectivity index (χ0n) is 12.2. The number of aliphatic carboxylic acids is 1. The zero-order valence-corrected chi connectivity index (χ0v) is 12.2. The van der Waals surface area contributed by atoms with Gasteiger partial charge < -0.3 is 20.3 Å². The zero-order chi connectivity index (χ0) is 15.2. The summed E-state index contributed by atoms with van der Waals surface area (Å²) in [6.07, 6.45) is 2.08. The quantitative estimate of drug-likeness (QED) is 0.620. The minimum Gasteiger partial charge on any atom is -0.479 e. The monoisotopic (exact) mass is 287 g/mol. The molecule has 0 bridgehead atoms. The predicted octanol–water partition coefficient (Wildman–Crippen LogP) is 1.07. The molecule has 3 N–H and O–H groups in total. The number of aliphatic hydroxyl groups is 1. The van der Waals surface area contributed by atoms with Gasteiger partial charge in [-0.05, 0) is 25.7 Å². The molecule has 1 aliphatic heterocycles. The maximum atomic E-state index is 11.9. The van der Waals surface area contributed by atoms with Crippen LogP contribution < -0.4 is 5.32 Å². The van der Waals surface area contributed by atoms with Crippen LogP contribution in [0.3, 0.4) is 0 Å². The molecule has 0 aromatic carbocycles. The Morgan fingerprint density at radius 3 is 2.20 bits per heavy atom. The number of hydrogen-bond acceptors (Lipinski definition) is 4. The van der Waals surface area contributed by atoms with Gasteiger partial charge in [-0.3, -0.25) is 4.79 Å². The maximum Gasteiger partial charge on any atom is 0.332 e. The lowest BCUT2D eigenvalue weighted by Gasteiger charge is -2.28. The van der Waals surface area contributed by atoms with Crippen LogP contribution >= 0.6 is 0 Å². The van der Waals surface area contributed by atoms with E-state index in [1.54, 1.807) is 0 Å². The van der Waals surface area contributed by atoms with Crippen LogP contribution in [-0.4, -0.2) is 46.4 Å². The number of carbonyl (C=O) groups is 2. The lowest BCUT2D eigenvalue weighted by Crippen LogP contribution is -2.46. The van der Waals surface area contributed by atoms with Crippen molar-refractivity contribution in [3.05, 3.63) is 0 Å². The highest BCUT2D eigenvalue weighted by molar-refractivity contribution is 5.82. The molecule has 0 saturated carbocycles. The molecule has 6 heteroatoms. The SMILES string of the molecule is CCCC(O)(CCC)CNC(=O)[C@@H]1CC[C@H](C(=O)O)O1. The summed E-state index contributed by atoms with van der Waals surface area (Å²) >= 11 is 0. The largest absolute Gasteiger partial charge is 0.479 e. The van der Waals surface area contributed by atoms with Crippen LogP contribution in [0.4, 0.5) is 0 Å². The molecule has 0 aromatic heterocycles. The smallest absolute Gasteiger partial charge is 0.332 e. The molecule has 1 rings (SSSR count). The second-order valence-electron chi connectivity index (χ2n) is 5.47. The van der Waals surface area contributed by atoms with Crippen molar-refractivity contribution >= 4 is 11.9 Å². The fourth-order valence-corrected chi connectivity index (χ4v) is 2.61. The van der Waals surface area contributed by atoms with Crippen LogP contribution in [0.2, 0.25) is 0 Å². The second kappa shape index (κ2) is 7.59. The van der Waals surface area contributed by atoms with Crippen molar-refractivity contribution in [1.82, 2.24) is 5.32 Å². The van der Waals surface area contributed by atoms with Crippen molar-refractivity contribution < 1.29 is 24.5 Å². The Labute approximate surface area is 119 Å². The van der Waals surface area contributed by atoms with Gasteiger partial charge in [0.2, 0.25) is 5.91 Å². The first-order valence-electron chi connectivity index (χ1n) is 7.30. The molecule has 1 saturated heterocycles. The molecule has 1 amide bonds. The Morgan fingerprint density at radius 2 is 1.75 bits per heavy atom. The van der Waals surface area contributed by atoms with Crippen LogP contribution in [0.25, 0.3) is 0 Å². The number of hydrogen-bond donors (Lipinski definition) is 3. The van der Waals surface area contributed by atoms with Crippen LogP contribution in [-0.2, 0) is 14.3 Å². The van der Waals surface area contributed by atoms with E-state index in [2.05, 4.69) is 5.32 Å². The molecule has 116 valence electrons. The number of amides is 1. The van der Waals surface area contributed by atoms with E-state index < -0.39 is 23.8 Å². The molecule has 1 heterocycles. The van der Waals surface area contributed by atoms with E-state index in [0.29, 0.717) is 25.7 Å². The third-order valence-electron chi connectivity index (χ3n) is 3.61. The molecular weight excluding hydrogens is 262 g/mol. The third-order valence-corrected chi connectivity index (χ3v) is 3.61. The molecule has 0 aromatic rings. The molecular formula is C14H25NO5. The standard InChI is InChI=1S/C14H25NO5/c1-3-7-14(19,8-4-2)9-15-12(16)10-5-6-11(20-10)13(17)18/h10-11,19H,3-9H2,1-2H3,(H,15,16)(H,17,18)/t10-,11+/m0/s1. The number of nitrogens with one attached hydrogen (secondary N) is 1. The highest BCUT2D eigenvalue weighted by atomic mass is 16.5. The van der Waals surface area contributed by atoms with Crippen LogP contribution in [0, 0.1) is 0 Å². The van der Waals surface area contributed by atoms with Gasteiger partial charge in [-0.1, -0.05) is 26.7 Å². The van der Waals surface area contributed by atoms with Crippen LogP contribution in [0.15, 0.2) is 0 Å². The van der Waals surface area contributed by atoms with Gasteiger partial charge in [0, 0.05) is 6.54 Å². The van der Waals surface area contributed by atoms with Gasteiger partial charge in [0.05, 0.1) is 5.60 Å². The lowest BCUT2D eigenvalue weighted by atomic mass is 9.92. The molecule has 0 spiro atoms. The van der Waals surface area contributed by atoms with E-state index in [-0.39, 0.29) is 12.5 Å². The minimum absolute atomic E-state index is 0.186. The summed E-state index contributed by atoms with van der Waals surface area (Å²) in [5, 5.41) is 21.9. The average molecular weight is 287 g/mol. The Balaban J connectivity index is 2.44. The van der Waals surface area contributed by atoms with E-state index in [9.17, 15) is 14.7 Å². The molecule has 6 nitrogen and oxygen atoms in total. The van der Waals surface area contributed by atoms with Gasteiger partial charge in [-0.25, -0.2) is 4.79 Å². The molecule has 1 aliphatic rings. The van der Waals surface area contributed by atoms with E-state index in [1.165, 1.54) is 0 Å². The highest BCUT2D eigenvalue weighted by Crippen LogP contribution is 2.21. The summed E-state index contributed by atoms with van der Waals surface area (Å²) in [6.45, 7) is 4.16. The Bertz CT molecular complexity index is 338. The summed E-state index contributed by atoms with van der Waals surface area (Å²) in [5.41, 5.74) is -0.885. The lowest BCUT2D eigenvalue weighted by molar-refractivity contribution is -0.152. The minimum atomic E-state index is -1.03. The molecule has 20 heavy (non-hydrogen) atoms. The first-order valence-corrected chi connectivity index (χ1v) is 7.30. The number of rotatable bonds is 8. The summed E-state index contributed by atoms with van der Waals surface area (Å²) < 4.78 is 5.18. The van der Waals surface area contributed by atoms with Gasteiger partial charge in [0.15, 0.2) is 6.10 Å². The molecule has 1 fully saturated rings. The van der Waals surface area contributed by atoms with Gasteiger partial charge >= 0.3 is 5.97 Å². The van der Waals surface area contributed by atoms with Gasteiger partial charge in [-0.15, -0.1) is 0 Å². The predicted molar refractivity (Wildman–Crippen MR) is 73.3 cm³/mol. The van der Waals surface area contributed by atoms with Crippen LogP contribution in [0.5, 0.6) is 0 Å². The van der Waals surface area contributed by atoms with Crippen molar-refractivity contribution in [1.29, 1.82) is 0 Å². The number of carbonyl (C=O) groups excluding carboxylic acids is 1. The summed E-state index contributed by atoms with van der Waals surface area (Å²) in [4.78, 5) is 22.7. The fourth-order valence-electron chi connectivity index (χ4n) is 2.61. The molecule has 0 aliphatic carbocycles. The van der Waals surface area contributed by atoms with E-state index >= 15 is 0 Å².